The van der Waals surface area contributed by atoms with Gasteiger partial charge in [-0.1, -0.05) is 61.9 Å². The lowest BCUT2D eigenvalue weighted by molar-refractivity contribution is 0.0954. The standard InChI is InChI=1S/C18H20N2O/c1-13(2)17(15-9-5-4-6-10-15)19-20-18(21)16-11-7-8-14(3)12-16/h4-13H,1-3H3,(H,20,21)/b19-17-. The normalized spacial score (nSPS) is 11.5. The van der Waals surface area contributed by atoms with E-state index in [4.69, 9.17) is 0 Å². The van der Waals surface area contributed by atoms with E-state index >= 15 is 0 Å². The summed E-state index contributed by atoms with van der Waals surface area (Å²) < 4.78 is 0. The average Bonchev–Trinajstić information content (AvgIpc) is 2.48. The fourth-order valence-corrected chi connectivity index (χ4v) is 2.10. The van der Waals surface area contributed by atoms with Gasteiger partial charge in [-0.3, -0.25) is 4.79 Å². The molecule has 3 heteroatoms. The maximum Gasteiger partial charge on any atom is 0.271 e. The predicted molar refractivity (Wildman–Crippen MR) is 86.5 cm³/mol. The Kier molecular flexibility index (Phi) is 4.88. The van der Waals surface area contributed by atoms with Crippen molar-refractivity contribution in [3.05, 3.63) is 71.3 Å². The van der Waals surface area contributed by atoms with Crippen LogP contribution in [0, 0.1) is 12.8 Å². The van der Waals surface area contributed by atoms with Gasteiger partial charge in [-0.15, -0.1) is 0 Å². The number of nitrogens with one attached hydrogen (secondary N) is 1. The molecule has 0 fully saturated rings. The van der Waals surface area contributed by atoms with Crippen molar-refractivity contribution in [2.75, 3.05) is 0 Å². The molecule has 1 amide bonds. The second kappa shape index (κ2) is 6.84. The molecule has 1 N–H and O–H groups in total. The van der Waals surface area contributed by atoms with E-state index in [2.05, 4.69) is 24.4 Å². The summed E-state index contributed by atoms with van der Waals surface area (Å²) in [5, 5.41) is 4.32. The molecular formula is C18H20N2O. The summed E-state index contributed by atoms with van der Waals surface area (Å²) in [6.07, 6.45) is 0. The highest BCUT2D eigenvalue weighted by Crippen LogP contribution is 2.09. The monoisotopic (exact) mass is 280 g/mol. The van der Waals surface area contributed by atoms with Crippen LogP contribution in [0.5, 0.6) is 0 Å². The molecule has 21 heavy (non-hydrogen) atoms. The van der Waals surface area contributed by atoms with E-state index in [1.54, 1.807) is 6.07 Å². The molecule has 2 rings (SSSR count). The number of hydrogen-bond donors (Lipinski definition) is 1. The van der Waals surface area contributed by atoms with Crippen LogP contribution in [0.2, 0.25) is 0 Å². The summed E-state index contributed by atoms with van der Waals surface area (Å²) in [6, 6.07) is 17.4. The molecule has 3 nitrogen and oxygen atoms in total. The zero-order valence-corrected chi connectivity index (χ0v) is 12.6. The summed E-state index contributed by atoms with van der Waals surface area (Å²) >= 11 is 0. The Morgan fingerprint density at radius 2 is 1.67 bits per heavy atom. The van der Waals surface area contributed by atoms with E-state index in [1.165, 1.54) is 0 Å². The van der Waals surface area contributed by atoms with Crippen molar-refractivity contribution in [2.24, 2.45) is 11.0 Å². The number of aryl methyl sites for hydroxylation is 1. The van der Waals surface area contributed by atoms with E-state index in [0.717, 1.165) is 16.8 Å². The van der Waals surface area contributed by atoms with Crippen molar-refractivity contribution >= 4 is 11.6 Å². The van der Waals surface area contributed by atoms with Crippen molar-refractivity contribution in [3.8, 4) is 0 Å². The Hall–Kier alpha value is -2.42. The molecule has 0 saturated heterocycles. The summed E-state index contributed by atoms with van der Waals surface area (Å²) in [5.41, 5.74) is 6.23. The van der Waals surface area contributed by atoms with E-state index in [9.17, 15) is 4.79 Å². The highest BCUT2D eigenvalue weighted by Gasteiger charge is 2.10. The molecule has 2 aromatic carbocycles. The van der Waals surface area contributed by atoms with Crippen molar-refractivity contribution in [3.63, 3.8) is 0 Å². The predicted octanol–water partition coefficient (Wildman–Crippen LogP) is 3.79. The van der Waals surface area contributed by atoms with Gasteiger partial charge in [0, 0.05) is 5.56 Å². The number of rotatable bonds is 4. The third-order valence-corrected chi connectivity index (χ3v) is 3.17. The fourth-order valence-electron chi connectivity index (χ4n) is 2.10. The Balaban J connectivity index is 2.19. The van der Waals surface area contributed by atoms with E-state index in [-0.39, 0.29) is 11.8 Å². The second-order valence-corrected chi connectivity index (χ2v) is 5.33. The molecule has 0 aromatic heterocycles. The molecule has 0 spiro atoms. The molecule has 108 valence electrons. The highest BCUT2D eigenvalue weighted by molar-refractivity contribution is 6.03. The molecule has 0 aliphatic heterocycles. The summed E-state index contributed by atoms with van der Waals surface area (Å²) in [7, 11) is 0. The summed E-state index contributed by atoms with van der Waals surface area (Å²) in [6.45, 7) is 6.08. The van der Waals surface area contributed by atoms with Gasteiger partial charge in [0.2, 0.25) is 0 Å². The number of nitrogens with zero attached hydrogens (tertiary/aromatic N) is 1. The van der Waals surface area contributed by atoms with Crippen molar-refractivity contribution < 1.29 is 4.79 Å². The zero-order chi connectivity index (χ0) is 15.2. The van der Waals surface area contributed by atoms with Gasteiger partial charge < -0.3 is 0 Å². The molecule has 0 heterocycles. The lowest BCUT2D eigenvalue weighted by Crippen LogP contribution is -2.22. The number of benzene rings is 2. The highest BCUT2D eigenvalue weighted by atomic mass is 16.2. The van der Waals surface area contributed by atoms with Crippen LogP contribution in [0.1, 0.15) is 35.3 Å². The number of carbonyl (C=O) groups is 1. The zero-order valence-electron chi connectivity index (χ0n) is 12.6. The molecule has 0 saturated carbocycles. The van der Waals surface area contributed by atoms with Crippen LogP contribution < -0.4 is 5.43 Å². The maximum atomic E-state index is 12.1. The van der Waals surface area contributed by atoms with Gasteiger partial charge in [-0.2, -0.15) is 5.10 Å². The van der Waals surface area contributed by atoms with Crippen molar-refractivity contribution in [1.82, 2.24) is 5.43 Å². The minimum Gasteiger partial charge on any atom is -0.267 e. The van der Waals surface area contributed by atoms with Crippen LogP contribution in [0.15, 0.2) is 59.7 Å². The number of hydrogen-bond acceptors (Lipinski definition) is 2. The first kappa shape index (κ1) is 15.0. The van der Waals surface area contributed by atoms with Crippen LogP contribution in [0.4, 0.5) is 0 Å². The SMILES string of the molecule is Cc1cccc(C(=O)N/N=C(\c2ccccc2)C(C)C)c1. The topological polar surface area (TPSA) is 41.5 Å². The molecule has 0 bridgehead atoms. The smallest absolute Gasteiger partial charge is 0.267 e. The summed E-state index contributed by atoms with van der Waals surface area (Å²) in [5.74, 6) is 0.0398. The van der Waals surface area contributed by atoms with E-state index in [1.807, 2.05) is 55.5 Å². The third kappa shape index (κ3) is 4.02. The molecular weight excluding hydrogens is 260 g/mol. The largest absolute Gasteiger partial charge is 0.271 e. The Morgan fingerprint density at radius 1 is 1.00 bits per heavy atom. The van der Waals surface area contributed by atoms with Crippen LogP contribution in [-0.4, -0.2) is 11.6 Å². The van der Waals surface area contributed by atoms with Crippen LogP contribution >= 0.6 is 0 Å². The van der Waals surface area contributed by atoms with Gasteiger partial charge in [0.25, 0.3) is 5.91 Å². The van der Waals surface area contributed by atoms with E-state index in [0.29, 0.717) is 5.56 Å². The van der Waals surface area contributed by atoms with Gasteiger partial charge in [0.1, 0.15) is 0 Å². The lowest BCUT2D eigenvalue weighted by Gasteiger charge is -2.10. The van der Waals surface area contributed by atoms with Gasteiger partial charge in [-0.25, -0.2) is 5.43 Å². The van der Waals surface area contributed by atoms with Crippen LogP contribution in [-0.2, 0) is 0 Å². The summed E-state index contributed by atoms with van der Waals surface area (Å²) in [4.78, 5) is 12.1. The quantitative estimate of drug-likeness (QED) is 0.672. The number of amides is 1. The number of carbonyl (C=O) groups excluding carboxylic acids is 1. The third-order valence-electron chi connectivity index (χ3n) is 3.17. The first-order chi connectivity index (χ1) is 10.1. The molecule has 2 aromatic rings. The molecule has 0 aliphatic carbocycles. The first-order valence-electron chi connectivity index (χ1n) is 7.08. The molecule has 0 aliphatic rings. The van der Waals surface area contributed by atoms with E-state index < -0.39 is 0 Å². The Bertz CT molecular complexity index is 645. The van der Waals surface area contributed by atoms with Crippen LogP contribution in [0.25, 0.3) is 0 Å². The first-order valence-corrected chi connectivity index (χ1v) is 7.08. The Morgan fingerprint density at radius 3 is 2.29 bits per heavy atom. The number of hydrazone groups is 1. The van der Waals surface area contributed by atoms with Gasteiger partial charge in [0.15, 0.2) is 0 Å². The second-order valence-electron chi connectivity index (χ2n) is 5.33. The van der Waals surface area contributed by atoms with Crippen molar-refractivity contribution in [1.29, 1.82) is 0 Å². The maximum absolute atomic E-state index is 12.1. The van der Waals surface area contributed by atoms with Gasteiger partial charge in [0.05, 0.1) is 5.71 Å². The molecule has 0 atom stereocenters. The van der Waals surface area contributed by atoms with Gasteiger partial charge in [-0.05, 0) is 30.5 Å². The average molecular weight is 280 g/mol. The van der Waals surface area contributed by atoms with Gasteiger partial charge >= 0.3 is 0 Å². The fraction of sp³-hybridized carbons (Fsp3) is 0.222. The minimum absolute atomic E-state index is 0.187. The Labute approximate surface area is 125 Å². The lowest BCUT2D eigenvalue weighted by atomic mass is 10.0. The molecule has 0 unspecified atom stereocenters. The minimum atomic E-state index is -0.187. The molecule has 0 radical (unpaired) electrons. The van der Waals surface area contributed by atoms with Crippen LogP contribution in [0.3, 0.4) is 0 Å². The van der Waals surface area contributed by atoms with Crippen molar-refractivity contribution in [2.45, 2.75) is 20.8 Å².